The number of benzene rings is 1. The Morgan fingerprint density at radius 1 is 1.19 bits per heavy atom. The van der Waals surface area contributed by atoms with Crippen molar-refractivity contribution in [2.75, 3.05) is 11.4 Å². The van der Waals surface area contributed by atoms with E-state index in [-0.39, 0.29) is 11.8 Å². The first-order valence-electron chi connectivity index (χ1n) is 7.66. The van der Waals surface area contributed by atoms with Gasteiger partial charge < -0.3 is 10.2 Å². The van der Waals surface area contributed by atoms with Crippen LogP contribution in [0.15, 0.2) is 24.3 Å². The molecule has 2 amide bonds. The van der Waals surface area contributed by atoms with Gasteiger partial charge in [0.2, 0.25) is 5.91 Å². The van der Waals surface area contributed by atoms with E-state index in [9.17, 15) is 9.59 Å². The van der Waals surface area contributed by atoms with Crippen molar-refractivity contribution in [3.63, 3.8) is 0 Å². The molecule has 1 fully saturated rings. The van der Waals surface area contributed by atoms with E-state index in [4.69, 9.17) is 0 Å². The summed E-state index contributed by atoms with van der Waals surface area (Å²) in [6.07, 6.45) is 3.75. The van der Waals surface area contributed by atoms with Crippen LogP contribution in [-0.2, 0) is 16.0 Å². The summed E-state index contributed by atoms with van der Waals surface area (Å²) in [5.41, 5.74) is 1.30. The first kappa shape index (κ1) is 15.5. The minimum absolute atomic E-state index is 0.0605. The molecule has 21 heavy (non-hydrogen) atoms. The van der Waals surface area contributed by atoms with Gasteiger partial charge in [-0.1, -0.05) is 25.5 Å². The van der Waals surface area contributed by atoms with Crippen LogP contribution in [0.5, 0.6) is 0 Å². The molecule has 4 nitrogen and oxygen atoms in total. The van der Waals surface area contributed by atoms with Gasteiger partial charge in [0.15, 0.2) is 0 Å². The predicted octanol–water partition coefficient (Wildman–Crippen LogP) is 2.66. The fourth-order valence-corrected chi connectivity index (χ4v) is 2.59. The molecular weight excluding hydrogens is 264 g/mol. The van der Waals surface area contributed by atoms with Crippen LogP contribution in [0.3, 0.4) is 0 Å². The maximum absolute atomic E-state index is 12.6. The zero-order valence-electron chi connectivity index (χ0n) is 13.1. The molecule has 0 saturated carbocycles. The summed E-state index contributed by atoms with van der Waals surface area (Å²) in [6, 6.07) is 8.11. The molecule has 0 radical (unpaired) electrons. The summed E-state index contributed by atoms with van der Waals surface area (Å²) in [5.74, 6) is -0.134. The van der Waals surface area contributed by atoms with Crippen molar-refractivity contribution >= 4 is 17.5 Å². The monoisotopic (exact) mass is 288 g/mol. The van der Waals surface area contributed by atoms with E-state index < -0.39 is 5.54 Å². The summed E-state index contributed by atoms with van der Waals surface area (Å²) in [4.78, 5) is 26.0. The van der Waals surface area contributed by atoms with E-state index >= 15 is 0 Å². The number of aryl methyl sites for hydroxylation is 1. The highest BCUT2D eigenvalue weighted by Crippen LogP contribution is 2.22. The molecule has 0 atom stereocenters. The fraction of sp³-hybridized carbons (Fsp3) is 0.529. The molecule has 1 saturated heterocycles. The van der Waals surface area contributed by atoms with E-state index in [1.807, 2.05) is 12.1 Å². The SMILES string of the molecule is CCCCc1ccc(N2CCC(=O)NC(C)(C)C2=O)cc1. The summed E-state index contributed by atoms with van der Waals surface area (Å²) >= 11 is 0. The summed E-state index contributed by atoms with van der Waals surface area (Å²) in [5, 5.41) is 2.78. The van der Waals surface area contributed by atoms with Gasteiger partial charge in [-0.2, -0.15) is 0 Å². The van der Waals surface area contributed by atoms with Gasteiger partial charge in [0.05, 0.1) is 0 Å². The number of unbranched alkanes of at least 4 members (excludes halogenated alkanes) is 1. The molecule has 0 aromatic heterocycles. The van der Waals surface area contributed by atoms with Gasteiger partial charge in [-0.05, 0) is 44.4 Å². The van der Waals surface area contributed by atoms with E-state index in [0.717, 1.165) is 12.1 Å². The number of anilines is 1. The Kier molecular flexibility index (Phi) is 4.66. The second kappa shape index (κ2) is 6.29. The molecule has 0 bridgehead atoms. The minimum Gasteiger partial charge on any atom is -0.342 e. The minimum atomic E-state index is -0.853. The van der Waals surface area contributed by atoms with Crippen molar-refractivity contribution in [1.82, 2.24) is 5.32 Å². The Morgan fingerprint density at radius 3 is 2.48 bits per heavy atom. The van der Waals surface area contributed by atoms with Gasteiger partial charge in [0, 0.05) is 18.7 Å². The number of carbonyl (C=O) groups excluding carboxylic acids is 2. The zero-order chi connectivity index (χ0) is 15.5. The highest BCUT2D eigenvalue weighted by molar-refractivity contribution is 6.03. The molecule has 1 aliphatic heterocycles. The number of nitrogens with zero attached hydrogens (tertiary/aromatic N) is 1. The molecule has 0 unspecified atom stereocenters. The Morgan fingerprint density at radius 2 is 1.86 bits per heavy atom. The van der Waals surface area contributed by atoms with E-state index in [1.165, 1.54) is 18.4 Å². The van der Waals surface area contributed by atoms with Crippen molar-refractivity contribution < 1.29 is 9.59 Å². The van der Waals surface area contributed by atoms with Gasteiger partial charge in [-0.3, -0.25) is 9.59 Å². The Bertz CT molecular complexity index is 520. The normalized spacial score (nSPS) is 18.3. The summed E-state index contributed by atoms with van der Waals surface area (Å²) in [6.45, 7) is 6.11. The highest BCUT2D eigenvalue weighted by Gasteiger charge is 2.36. The molecule has 114 valence electrons. The van der Waals surface area contributed by atoms with Crippen LogP contribution in [0, 0.1) is 0 Å². The lowest BCUT2D eigenvalue weighted by atomic mass is 10.0. The molecule has 0 aliphatic carbocycles. The van der Waals surface area contributed by atoms with Crippen LogP contribution >= 0.6 is 0 Å². The van der Waals surface area contributed by atoms with Crippen molar-refractivity contribution in [3.05, 3.63) is 29.8 Å². The Labute approximate surface area is 126 Å². The second-order valence-electron chi connectivity index (χ2n) is 6.15. The standard InChI is InChI=1S/C17H24N2O2/c1-4-5-6-13-7-9-14(10-8-13)19-12-11-15(20)18-17(2,3)16(19)21/h7-10H,4-6,11-12H2,1-3H3,(H,18,20). The first-order valence-corrected chi connectivity index (χ1v) is 7.66. The molecule has 1 N–H and O–H groups in total. The molecule has 1 heterocycles. The number of rotatable bonds is 4. The third kappa shape index (κ3) is 3.63. The largest absolute Gasteiger partial charge is 0.342 e. The Hall–Kier alpha value is -1.84. The van der Waals surface area contributed by atoms with Gasteiger partial charge in [-0.25, -0.2) is 0 Å². The van der Waals surface area contributed by atoms with E-state index in [0.29, 0.717) is 13.0 Å². The number of hydrogen-bond donors (Lipinski definition) is 1. The van der Waals surface area contributed by atoms with Crippen LogP contribution in [-0.4, -0.2) is 23.9 Å². The lowest BCUT2D eigenvalue weighted by Gasteiger charge is -2.29. The fourth-order valence-electron chi connectivity index (χ4n) is 2.59. The van der Waals surface area contributed by atoms with Crippen LogP contribution < -0.4 is 10.2 Å². The molecule has 1 aromatic carbocycles. The predicted molar refractivity (Wildman–Crippen MR) is 84.2 cm³/mol. The Balaban J connectivity index is 2.19. The number of nitrogens with one attached hydrogen (secondary N) is 1. The van der Waals surface area contributed by atoms with Crippen LogP contribution in [0.2, 0.25) is 0 Å². The van der Waals surface area contributed by atoms with E-state index in [1.54, 1.807) is 18.7 Å². The van der Waals surface area contributed by atoms with Crippen LogP contribution in [0.1, 0.15) is 45.6 Å². The summed E-state index contributed by atoms with van der Waals surface area (Å²) < 4.78 is 0. The molecular formula is C17H24N2O2. The quantitative estimate of drug-likeness (QED) is 0.926. The first-order chi connectivity index (χ1) is 9.94. The highest BCUT2D eigenvalue weighted by atomic mass is 16.2. The third-order valence-electron chi connectivity index (χ3n) is 3.86. The summed E-state index contributed by atoms with van der Waals surface area (Å²) in [7, 11) is 0. The lowest BCUT2D eigenvalue weighted by molar-refractivity contribution is -0.128. The average Bonchev–Trinajstić information content (AvgIpc) is 2.54. The van der Waals surface area contributed by atoms with E-state index in [2.05, 4.69) is 24.4 Å². The van der Waals surface area contributed by atoms with Crippen molar-refractivity contribution in [3.8, 4) is 0 Å². The van der Waals surface area contributed by atoms with Crippen LogP contribution in [0.4, 0.5) is 5.69 Å². The van der Waals surface area contributed by atoms with Gasteiger partial charge in [-0.15, -0.1) is 0 Å². The second-order valence-corrected chi connectivity index (χ2v) is 6.15. The van der Waals surface area contributed by atoms with Crippen LogP contribution in [0.25, 0.3) is 0 Å². The van der Waals surface area contributed by atoms with Crippen molar-refractivity contribution in [2.45, 2.75) is 52.0 Å². The lowest BCUT2D eigenvalue weighted by Crippen LogP contribution is -2.53. The number of carbonyl (C=O) groups is 2. The van der Waals surface area contributed by atoms with Gasteiger partial charge in [0.25, 0.3) is 5.91 Å². The van der Waals surface area contributed by atoms with Gasteiger partial charge in [0.1, 0.15) is 5.54 Å². The molecule has 1 aliphatic rings. The maximum Gasteiger partial charge on any atom is 0.252 e. The third-order valence-corrected chi connectivity index (χ3v) is 3.86. The number of hydrogen-bond acceptors (Lipinski definition) is 2. The average molecular weight is 288 g/mol. The smallest absolute Gasteiger partial charge is 0.252 e. The maximum atomic E-state index is 12.6. The molecule has 0 spiro atoms. The van der Waals surface area contributed by atoms with Gasteiger partial charge >= 0.3 is 0 Å². The zero-order valence-corrected chi connectivity index (χ0v) is 13.1. The van der Waals surface area contributed by atoms with Crippen molar-refractivity contribution in [1.29, 1.82) is 0 Å². The number of amides is 2. The molecule has 4 heteroatoms. The molecule has 1 aromatic rings. The molecule has 2 rings (SSSR count). The van der Waals surface area contributed by atoms with Crippen molar-refractivity contribution in [2.24, 2.45) is 0 Å². The topological polar surface area (TPSA) is 49.4 Å².